The van der Waals surface area contributed by atoms with Crippen LogP contribution in [0.1, 0.15) is 12.8 Å². The van der Waals surface area contributed by atoms with Gasteiger partial charge in [-0.1, -0.05) is 11.6 Å². The van der Waals surface area contributed by atoms with Gasteiger partial charge in [-0.3, -0.25) is 0 Å². The Morgan fingerprint density at radius 2 is 2.40 bits per heavy atom. The van der Waals surface area contributed by atoms with Crippen LogP contribution >= 0.6 is 23.4 Å². The van der Waals surface area contributed by atoms with Crippen LogP contribution < -0.4 is 11.1 Å². The smallest absolute Gasteiger partial charge is 0.150 e. The van der Waals surface area contributed by atoms with Crippen molar-refractivity contribution in [2.45, 2.75) is 18.9 Å². The van der Waals surface area contributed by atoms with Crippen LogP contribution in [0.5, 0.6) is 0 Å². The van der Waals surface area contributed by atoms with Crippen LogP contribution in [0.25, 0.3) is 0 Å². The van der Waals surface area contributed by atoms with Crippen molar-refractivity contribution in [3.8, 4) is 0 Å². The van der Waals surface area contributed by atoms with Gasteiger partial charge in [0.25, 0.3) is 0 Å². The molecule has 0 radical (unpaired) electrons. The molecule has 6 heteroatoms. The maximum Gasteiger partial charge on any atom is 0.150 e. The average molecular weight is 245 g/mol. The number of nitrogens with zero attached hydrogens (tertiary/aromatic N) is 2. The predicted molar refractivity (Wildman–Crippen MR) is 65.4 cm³/mol. The molecule has 0 aliphatic carbocycles. The van der Waals surface area contributed by atoms with Crippen LogP contribution in [0.4, 0.5) is 11.6 Å². The molecular formula is C9H13ClN4S. The summed E-state index contributed by atoms with van der Waals surface area (Å²) < 4.78 is 0. The second-order valence-corrected chi connectivity index (χ2v) is 5.01. The first-order valence-electron chi connectivity index (χ1n) is 4.87. The number of nitrogen functional groups attached to an aromatic ring is 1. The van der Waals surface area contributed by atoms with E-state index < -0.39 is 0 Å². The molecule has 0 spiro atoms. The number of hydrogen-bond acceptors (Lipinski definition) is 5. The van der Waals surface area contributed by atoms with Crippen LogP contribution in [-0.2, 0) is 0 Å². The van der Waals surface area contributed by atoms with Gasteiger partial charge in [-0.25, -0.2) is 9.97 Å². The molecule has 1 aromatic rings. The van der Waals surface area contributed by atoms with Crippen molar-refractivity contribution in [1.82, 2.24) is 9.97 Å². The summed E-state index contributed by atoms with van der Waals surface area (Å²) in [6.07, 6.45) is 3.83. The normalized spacial score (nSPS) is 21.3. The summed E-state index contributed by atoms with van der Waals surface area (Å²) in [6.45, 7) is 0. The molecule has 1 aliphatic heterocycles. The molecule has 15 heavy (non-hydrogen) atoms. The van der Waals surface area contributed by atoms with Crippen molar-refractivity contribution >= 4 is 35.0 Å². The molecule has 4 nitrogen and oxygen atoms in total. The molecule has 82 valence electrons. The number of thioether (sulfide) groups is 1. The van der Waals surface area contributed by atoms with Gasteiger partial charge in [0.05, 0.1) is 0 Å². The van der Waals surface area contributed by atoms with Gasteiger partial charge in [0.2, 0.25) is 0 Å². The first-order chi connectivity index (χ1) is 7.27. The number of rotatable bonds is 2. The molecule has 1 aromatic heterocycles. The Hall–Kier alpha value is -0.680. The molecule has 1 atom stereocenters. The lowest BCUT2D eigenvalue weighted by Gasteiger charge is -2.23. The molecule has 1 fully saturated rings. The molecule has 2 rings (SSSR count). The standard InChI is InChI=1S/C9H13ClN4S/c10-7-8(11)12-5-13-9(7)14-6-2-1-3-15-4-6/h5-6H,1-4H2,(H3,11,12,13,14). The van der Waals surface area contributed by atoms with Gasteiger partial charge in [-0.15, -0.1) is 0 Å². The molecule has 1 saturated heterocycles. The van der Waals surface area contributed by atoms with Crippen molar-refractivity contribution in [1.29, 1.82) is 0 Å². The van der Waals surface area contributed by atoms with E-state index in [1.54, 1.807) is 0 Å². The van der Waals surface area contributed by atoms with E-state index in [0.717, 1.165) is 12.2 Å². The molecule has 0 saturated carbocycles. The van der Waals surface area contributed by atoms with Crippen LogP contribution in [-0.4, -0.2) is 27.5 Å². The SMILES string of the molecule is Nc1ncnc(NC2CCCSC2)c1Cl. The Labute approximate surface area is 98.0 Å². The topological polar surface area (TPSA) is 63.8 Å². The Kier molecular flexibility index (Phi) is 3.53. The fraction of sp³-hybridized carbons (Fsp3) is 0.556. The molecule has 0 aromatic carbocycles. The van der Waals surface area contributed by atoms with E-state index in [0.29, 0.717) is 22.7 Å². The summed E-state index contributed by atoms with van der Waals surface area (Å²) in [5, 5.41) is 3.73. The van der Waals surface area contributed by atoms with Gasteiger partial charge in [0.15, 0.2) is 5.82 Å². The van der Waals surface area contributed by atoms with E-state index in [9.17, 15) is 0 Å². The summed E-state index contributed by atoms with van der Waals surface area (Å²) in [5.41, 5.74) is 5.60. The number of anilines is 2. The van der Waals surface area contributed by atoms with Crippen molar-refractivity contribution < 1.29 is 0 Å². The Balaban J connectivity index is 2.06. The number of aromatic nitrogens is 2. The Morgan fingerprint density at radius 3 is 3.13 bits per heavy atom. The average Bonchev–Trinajstić information content (AvgIpc) is 2.26. The van der Waals surface area contributed by atoms with Gasteiger partial charge in [0.1, 0.15) is 17.2 Å². The molecule has 3 N–H and O–H groups in total. The van der Waals surface area contributed by atoms with E-state index in [2.05, 4.69) is 15.3 Å². The van der Waals surface area contributed by atoms with E-state index in [1.165, 1.54) is 18.5 Å². The summed E-state index contributed by atoms with van der Waals surface area (Å²) in [5.74, 6) is 3.33. The zero-order valence-corrected chi connectivity index (χ0v) is 9.81. The van der Waals surface area contributed by atoms with Gasteiger partial charge in [0, 0.05) is 11.8 Å². The third kappa shape index (κ3) is 2.66. The van der Waals surface area contributed by atoms with E-state index in [-0.39, 0.29) is 0 Å². The molecular weight excluding hydrogens is 232 g/mol. The largest absolute Gasteiger partial charge is 0.382 e. The summed E-state index contributed by atoms with van der Waals surface area (Å²) in [4.78, 5) is 7.91. The van der Waals surface area contributed by atoms with Crippen LogP contribution in [0.2, 0.25) is 5.02 Å². The number of nitrogens with two attached hydrogens (primary N) is 1. The van der Waals surface area contributed by atoms with E-state index >= 15 is 0 Å². The zero-order valence-electron chi connectivity index (χ0n) is 8.24. The molecule has 1 unspecified atom stereocenters. The third-order valence-corrected chi connectivity index (χ3v) is 3.91. The predicted octanol–water partition coefficient (Wildman–Crippen LogP) is 2.02. The quantitative estimate of drug-likeness (QED) is 0.834. The van der Waals surface area contributed by atoms with Gasteiger partial charge in [-0.05, 0) is 18.6 Å². The van der Waals surface area contributed by atoms with Crippen LogP contribution in [0.15, 0.2) is 6.33 Å². The zero-order chi connectivity index (χ0) is 10.7. The molecule has 0 bridgehead atoms. The molecule has 0 amide bonds. The fourth-order valence-electron chi connectivity index (χ4n) is 1.53. The molecule has 1 aliphatic rings. The van der Waals surface area contributed by atoms with Crippen molar-refractivity contribution in [2.75, 3.05) is 22.6 Å². The maximum absolute atomic E-state index is 5.99. The summed E-state index contributed by atoms with van der Waals surface area (Å²) in [6, 6.07) is 0.440. The number of nitrogens with one attached hydrogen (secondary N) is 1. The molecule has 2 heterocycles. The summed E-state index contributed by atoms with van der Waals surface area (Å²) >= 11 is 7.95. The highest BCUT2D eigenvalue weighted by Gasteiger charge is 2.16. The van der Waals surface area contributed by atoms with Crippen LogP contribution in [0.3, 0.4) is 0 Å². The number of halogens is 1. The van der Waals surface area contributed by atoms with Crippen LogP contribution in [0, 0.1) is 0 Å². The lowest BCUT2D eigenvalue weighted by Crippen LogP contribution is -2.26. The lowest BCUT2D eigenvalue weighted by atomic mass is 10.2. The third-order valence-electron chi connectivity index (χ3n) is 2.32. The maximum atomic E-state index is 5.99. The van der Waals surface area contributed by atoms with Gasteiger partial charge in [-0.2, -0.15) is 11.8 Å². The van der Waals surface area contributed by atoms with E-state index in [4.69, 9.17) is 17.3 Å². The lowest BCUT2D eigenvalue weighted by molar-refractivity contribution is 0.682. The first-order valence-corrected chi connectivity index (χ1v) is 6.41. The first kappa shape index (κ1) is 10.8. The highest BCUT2D eigenvalue weighted by atomic mass is 35.5. The highest BCUT2D eigenvalue weighted by molar-refractivity contribution is 7.99. The minimum Gasteiger partial charge on any atom is -0.382 e. The Morgan fingerprint density at radius 1 is 1.53 bits per heavy atom. The van der Waals surface area contributed by atoms with Gasteiger partial charge >= 0.3 is 0 Å². The highest BCUT2D eigenvalue weighted by Crippen LogP contribution is 2.26. The second-order valence-electron chi connectivity index (χ2n) is 3.48. The van der Waals surface area contributed by atoms with Gasteiger partial charge < -0.3 is 11.1 Å². The monoisotopic (exact) mass is 244 g/mol. The van der Waals surface area contributed by atoms with E-state index in [1.807, 2.05) is 11.8 Å². The summed E-state index contributed by atoms with van der Waals surface area (Å²) in [7, 11) is 0. The second kappa shape index (κ2) is 4.90. The minimum absolute atomic E-state index is 0.331. The van der Waals surface area contributed by atoms with Crippen molar-refractivity contribution in [3.63, 3.8) is 0 Å². The number of hydrogen-bond donors (Lipinski definition) is 2. The Bertz CT molecular complexity index is 341. The fourth-order valence-corrected chi connectivity index (χ4v) is 2.76. The van der Waals surface area contributed by atoms with Crippen molar-refractivity contribution in [3.05, 3.63) is 11.3 Å². The minimum atomic E-state index is 0.331. The van der Waals surface area contributed by atoms with Crippen molar-refractivity contribution in [2.24, 2.45) is 0 Å².